The van der Waals surface area contributed by atoms with Crippen LogP contribution in [0.3, 0.4) is 0 Å². The lowest BCUT2D eigenvalue weighted by molar-refractivity contribution is 0.0584. The summed E-state index contributed by atoms with van der Waals surface area (Å²) >= 11 is 13.8. The van der Waals surface area contributed by atoms with Gasteiger partial charge in [-0.15, -0.1) is 0 Å². The Balaban J connectivity index is 1.94. The third kappa shape index (κ3) is 7.78. The predicted molar refractivity (Wildman–Crippen MR) is 144 cm³/mol. The SMILES string of the molecule is CCOP(=O)(CN(Sc1cc(Cl)cc(Cl)c1)c1ccc2c(c1)CCN2C(=O)OC(C)(C)C)OCC. The van der Waals surface area contributed by atoms with E-state index >= 15 is 0 Å². The molecule has 11 heteroatoms. The van der Waals surface area contributed by atoms with Crippen LogP contribution in [0.25, 0.3) is 0 Å². The van der Waals surface area contributed by atoms with Crippen LogP contribution < -0.4 is 9.21 Å². The molecule has 0 unspecified atom stereocenters. The highest BCUT2D eigenvalue weighted by Crippen LogP contribution is 2.51. The fourth-order valence-electron chi connectivity index (χ4n) is 3.59. The highest BCUT2D eigenvalue weighted by molar-refractivity contribution is 8.01. The summed E-state index contributed by atoms with van der Waals surface area (Å²) in [6.45, 7) is 10.1. The van der Waals surface area contributed by atoms with E-state index in [2.05, 4.69) is 0 Å². The molecular weight excluding hydrogens is 530 g/mol. The van der Waals surface area contributed by atoms with E-state index in [1.807, 2.05) is 43.3 Å². The van der Waals surface area contributed by atoms with Crippen LogP contribution in [-0.4, -0.2) is 37.7 Å². The van der Waals surface area contributed by atoms with Crippen molar-refractivity contribution in [2.75, 3.05) is 35.2 Å². The first-order valence-electron chi connectivity index (χ1n) is 11.4. The van der Waals surface area contributed by atoms with Crippen LogP contribution in [0.15, 0.2) is 41.3 Å². The van der Waals surface area contributed by atoms with E-state index in [4.69, 9.17) is 37.0 Å². The number of carbonyl (C=O) groups excluding carboxylic acids is 1. The van der Waals surface area contributed by atoms with Crippen molar-refractivity contribution in [3.63, 3.8) is 0 Å². The molecule has 3 rings (SSSR count). The number of hydrogen-bond donors (Lipinski definition) is 0. The highest BCUT2D eigenvalue weighted by Gasteiger charge is 2.32. The number of hydrogen-bond acceptors (Lipinski definition) is 7. The minimum atomic E-state index is -3.42. The molecule has 1 aliphatic heterocycles. The number of rotatable bonds is 9. The minimum absolute atomic E-state index is 0.0120. The molecule has 0 radical (unpaired) electrons. The summed E-state index contributed by atoms with van der Waals surface area (Å²) in [4.78, 5) is 15.1. The minimum Gasteiger partial charge on any atom is -0.443 e. The quantitative estimate of drug-likeness (QED) is 0.227. The lowest BCUT2D eigenvalue weighted by Gasteiger charge is -2.28. The molecule has 2 aromatic carbocycles. The fraction of sp³-hybridized carbons (Fsp3) is 0.458. The second kappa shape index (κ2) is 11.8. The van der Waals surface area contributed by atoms with Gasteiger partial charge in [-0.25, -0.2) is 4.79 Å². The number of fused-ring (bicyclic) bond motifs is 1. The van der Waals surface area contributed by atoms with Gasteiger partial charge in [0.15, 0.2) is 0 Å². The van der Waals surface area contributed by atoms with E-state index < -0.39 is 13.2 Å². The number of carbonyl (C=O) groups is 1. The summed E-state index contributed by atoms with van der Waals surface area (Å²) in [5, 5.41) is 0.999. The monoisotopic (exact) mass is 560 g/mol. The van der Waals surface area contributed by atoms with Gasteiger partial charge in [0.1, 0.15) is 11.9 Å². The summed E-state index contributed by atoms with van der Waals surface area (Å²) in [5.74, 6) is 0. The first-order chi connectivity index (χ1) is 16.4. The van der Waals surface area contributed by atoms with Gasteiger partial charge in [0.2, 0.25) is 0 Å². The molecule has 0 aliphatic carbocycles. The first-order valence-corrected chi connectivity index (χ1v) is 14.6. The summed E-state index contributed by atoms with van der Waals surface area (Å²) in [5.41, 5.74) is 2.00. The normalized spacial score (nSPS) is 13.6. The van der Waals surface area contributed by atoms with Crippen LogP contribution in [-0.2, 0) is 24.8 Å². The summed E-state index contributed by atoms with van der Waals surface area (Å²) in [6.07, 6.45) is 0.317. The average Bonchev–Trinajstić information content (AvgIpc) is 3.15. The molecule has 0 spiro atoms. The van der Waals surface area contributed by atoms with Crippen LogP contribution in [0.5, 0.6) is 0 Å². The predicted octanol–water partition coefficient (Wildman–Crippen LogP) is 8.03. The molecule has 0 N–H and O–H groups in total. The van der Waals surface area contributed by atoms with E-state index in [0.29, 0.717) is 23.0 Å². The van der Waals surface area contributed by atoms with Crippen molar-refractivity contribution < 1.29 is 23.1 Å². The second-order valence-corrected chi connectivity index (χ2v) is 12.8. The van der Waals surface area contributed by atoms with Crippen molar-refractivity contribution in [3.8, 4) is 0 Å². The standard InChI is InChI=1S/C24H31Cl2N2O5PS/c1-6-31-34(30,32-7-2)16-28(35-21-14-18(25)13-19(26)15-21)20-8-9-22-17(12-20)10-11-27(22)23(29)33-24(3,4)5/h8-9,12-15H,6-7,10-11,16H2,1-5H3. The summed E-state index contributed by atoms with van der Waals surface area (Å²) < 4.78 is 31.9. The molecule has 0 saturated carbocycles. The molecule has 7 nitrogen and oxygen atoms in total. The van der Waals surface area contributed by atoms with Crippen LogP contribution in [0.1, 0.15) is 40.2 Å². The third-order valence-corrected chi connectivity index (χ3v) is 8.43. The van der Waals surface area contributed by atoms with Gasteiger partial charge in [0, 0.05) is 27.2 Å². The topological polar surface area (TPSA) is 68.3 Å². The summed E-state index contributed by atoms with van der Waals surface area (Å²) in [6, 6.07) is 11.0. The zero-order chi connectivity index (χ0) is 25.8. The van der Waals surface area contributed by atoms with Crippen molar-refractivity contribution in [2.45, 2.75) is 51.5 Å². The van der Waals surface area contributed by atoms with Gasteiger partial charge < -0.3 is 13.8 Å². The second-order valence-electron chi connectivity index (χ2n) is 8.86. The van der Waals surface area contributed by atoms with Gasteiger partial charge >= 0.3 is 13.7 Å². The maximum atomic E-state index is 13.4. The van der Waals surface area contributed by atoms with Crippen LogP contribution in [0, 0.1) is 0 Å². The molecule has 2 aromatic rings. The average molecular weight is 561 g/mol. The fourth-order valence-corrected chi connectivity index (χ4v) is 7.24. The molecule has 35 heavy (non-hydrogen) atoms. The van der Waals surface area contributed by atoms with Crippen LogP contribution >= 0.6 is 42.7 Å². The number of ether oxygens (including phenoxy) is 1. The number of halogens is 2. The molecule has 0 aromatic heterocycles. The Hall–Kier alpha value is -1.41. The zero-order valence-corrected chi connectivity index (χ0v) is 23.8. The lowest BCUT2D eigenvalue weighted by Crippen LogP contribution is -2.35. The van der Waals surface area contributed by atoms with Gasteiger partial charge in [-0.1, -0.05) is 23.2 Å². The Morgan fingerprint density at radius 1 is 1.09 bits per heavy atom. The maximum absolute atomic E-state index is 13.4. The lowest BCUT2D eigenvalue weighted by atomic mass is 10.1. The number of amides is 1. The first kappa shape index (κ1) is 28.2. The molecule has 192 valence electrons. The Morgan fingerprint density at radius 2 is 1.71 bits per heavy atom. The summed E-state index contributed by atoms with van der Waals surface area (Å²) in [7, 11) is -3.42. The van der Waals surface area contributed by atoms with Crippen molar-refractivity contribution in [3.05, 3.63) is 52.0 Å². The Morgan fingerprint density at radius 3 is 2.29 bits per heavy atom. The Bertz CT molecular complexity index is 1080. The molecular formula is C24H31Cl2N2O5PS. The van der Waals surface area contributed by atoms with E-state index in [-0.39, 0.29) is 25.6 Å². The zero-order valence-electron chi connectivity index (χ0n) is 20.5. The molecule has 0 atom stereocenters. The van der Waals surface area contributed by atoms with Crippen molar-refractivity contribution >= 4 is 60.2 Å². The van der Waals surface area contributed by atoms with E-state index in [0.717, 1.165) is 21.8 Å². The molecule has 0 fully saturated rings. The van der Waals surface area contributed by atoms with Crippen molar-refractivity contribution in [1.29, 1.82) is 0 Å². The van der Waals surface area contributed by atoms with Crippen LogP contribution in [0.2, 0.25) is 10.0 Å². The van der Waals surface area contributed by atoms with E-state index in [9.17, 15) is 9.36 Å². The van der Waals surface area contributed by atoms with Gasteiger partial charge in [-0.3, -0.25) is 13.8 Å². The van der Waals surface area contributed by atoms with Gasteiger partial charge in [0.25, 0.3) is 0 Å². The van der Waals surface area contributed by atoms with Crippen LogP contribution in [0.4, 0.5) is 16.2 Å². The molecule has 0 saturated heterocycles. The highest BCUT2D eigenvalue weighted by atomic mass is 35.5. The van der Waals surface area contributed by atoms with Crippen molar-refractivity contribution in [1.82, 2.24) is 0 Å². The molecule has 1 heterocycles. The Kier molecular flexibility index (Phi) is 9.46. The Labute approximate surface area is 221 Å². The third-order valence-electron chi connectivity index (χ3n) is 4.87. The maximum Gasteiger partial charge on any atom is 0.414 e. The largest absolute Gasteiger partial charge is 0.443 e. The molecule has 0 bridgehead atoms. The number of nitrogens with zero attached hydrogens (tertiary/aromatic N) is 2. The number of anilines is 2. The van der Waals surface area contributed by atoms with Gasteiger partial charge in [-0.05, 0) is 94.9 Å². The molecule has 1 aliphatic rings. The van der Waals surface area contributed by atoms with E-state index in [1.54, 1.807) is 36.9 Å². The van der Waals surface area contributed by atoms with Gasteiger partial charge in [-0.2, -0.15) is 0 Å². The smallest absolute Gasteiger partial charge is 0.414 e. The van der Waals surface area contributed by atoms with E-state index in [1.165, 1.54) is 11.9 Å². The number of benzene rings is 2. The van der Waals surface area contributed by atoms with Crippen molar-refractivity contribution in [2.24, 2.45) is 0 Å². The van der Waals surface area contributed by atoms with Gasteiger partial charge in [0.05, 0.1) is 18.9 Å². The molecule has 1 amide bonds.